The fraction of sp³-hybridized carbons (Fsp3) is 0.316. The van der Waals surface area contributed by atoms with Crippen molar-refractivity contribution in [1.82, 2.24) is 10.2 Å². The van der Waals surface area contributed by atoms with Crippen LogP contribution >= 0.6 is 12.2 Å². The second-order valence-electron chi connectivity index (χ2n) is 5.93. The summed E-state index contributed by atoms with van der Waals surface area (Å²) in [6, 6.07) is 16.4. The SMILES string of the molecule is COc1ccccc1[C@H](CNC(=S)Nc1cccc(C)c1)N(C)C. The molecule has 0 aromatic heterocycles. The summed E-state index contributed by atoms with van der Waals surface area (Å²) in [5, 5.41) is 7.15. The number of ether oxygens (including phenoxy) is 1. The number of para-hydroxylation sites is 1. The largest absolute Gasteiger partial charge is 0.496 e. The first-order valence-electron chi connectivity index (χ1n) is 7.92. The van der Waals surface area contributed by atoms with Crippen LogP contribution in [0.2, 0.25) is 0 Å². The highest BCUT2D eigenvalue weighted by atomic mass is 32.1. The van der Waals surface area contributed by atoms with Crippen LogP contribution in [0.5, 0.6) is 5.75 Å². The maximum Gasteiger partial charge on any atom is 0.170 e. The second-order valence-corrected chi connectivity index (χ2v) is 6.33. The van der Waals surface area contributed by atoms with E-state index in [0.717, 1.165) is 17.0 Å². The molecule has 2 rings (SSSR count). The number of thiocarbonyl (C=S) groups is 1. The van der Waals surface area contributed by atoms with E-state index in [2.05, 4.69) is 54.8 Å². The van der Waals surface area contributed by atoms with Gasteiger partial charge in [0.2, 0.25) is 0 Å². The van der Waals surface area contributed by atoms with Gasteiger partial charge < -0.3 is 20.3 Å². The number of benzene rings is 2. The average molecular weight is 343 g/mol. The molecule has 5 heteroatoms. The molecule has 0 aliphatic carbocycles. The zero-order chi connectivity index (χ0) is 17.5. The quantitative estimate of drug-likeness (QED) is 0.784. The van der Waals surface area contributed by atoms with Crippen LogP contribution in [-0.4, -0.2) is 37.8 Å². The molecule has 2 aromatic carbocycles. The van der Waals surface area contributed by atoms with Crippen LogP contribution in [0.1, 0.15) is 17.2 Å². The van der Waals surface area contributed by atoms with Gasteiger partial charge in [0.05, 0.1) is 13.2 Å². The van der Waals surface area contributed by atoms with E-state index in [1.165, 1.54) is 5.56 Å². The Morgan fingerprint density at radius 1 is 1.17 bits per heavy atom. The zero-order valence-electron chi connectivity index (χ0n) is 14.7. The molecule has 0 bridgehead atoms. The summed E-state index contributed by atoms with van der Waals surface area (Å²) in [6.07, 6.45) is 0. The predicted octanol–water partition coefficient (Wildman–Crippen LogP) is 3.59. The molecule has 2 N–H and O–H groups in total. The van der Waals surface area contributed by atoms with E-state index in [1.807, 2.05) is 30.3 Å². The molecule has 0 unspecified atom stereocenters. The molecular weight excluding hydrogens is 318 g/mol. The molecule has 0 amide bonds. The first-order chi connectivity index (χ1) is 11.5. The Bertz CT molecular complexity index is 688. The Labute approximate surface area is 149 Å². The fourth-order valence-electron chi connectivity index (χ4n) is 2.60. The summed E-state index contributed by atoms with van der Waals surface area (Å²) in [5.74, 6) is 0.885. The van der Waals surface area contributed by atoms with E-state index in [1.54, 1.807) is 7.11 Å². The number of nitrogens with one attached hydrogen (secondary N) is 2. The monoisotopic (exact) mass is 343 g/mol. The van der Waals surface area contributed by atoms with Gasteiger partial charge in [0.1, 0.15) is 5.75 Å². The van der Waals surface area contributed by atoms with Gasteiger partial charge in [0.25, 0.3) is 0 Å². The smallest absolute Gasteiger partial charge is 0.170 e. The third-order valence-electron chi connectivity index (χ3n) is 3.85. The summed E-state index contributed by atoms with van der Waals surface area (Å²) in [6.45, 7) is 2.75. The van der Waals surface area contributed by atoms with Crippen LogP contribution < -0.4 is 15.4 Å². The molecule has 0 saturated carbocycles. The van der Waals surface area contributed by atoms with Crippen molar-refractivity contribution in [1.29, 1.82) is 0 Å². The Morgan fingerprint density at radius 3 is 2.58 bits per heavy atom. The van der Waals surface area contributed by atoms with Gasteiger partial charge in [-0.1, -0.05) is 30.3 Å². The minimum Gasteiger partial charge on any atom is -0.496 e. The molecule has 1 atom stereocenters. The summed E-state index contributed by atoms with van der Waals surface area (Å²) in [7, 11) is 5.80. The lowest BCUT2D eigenvalue weighted by Crippen LogP contribution is -2.36. The first-order valence-corrected chi connectivity index (χ1v) is 8.33. The van der Waals surface area contributed by atoms with Gasteiger partial charge in [-0.15, -0.1) is 0 Å². The topological polar surface area (TPSA) is 36.5 Å². The number of likely N-dealkylation sites (N-methyl/N-ethyl adjacent to an activating group) is 1. The van der Waals surface area contributed by atoms with Crippen molar-refractivity contribution >= 4 is 23.0 Å². The van der Waals surface area contributed by atoms with E-state index in [-0.39, 0.29) is 6.04 Å². The summed E-state index contributed by atoms with van der Waals surface area (Å²) >= 11 is 5.42. The van der Waals surface area contributed by atoms with Gasteiger partial charge in [0.15, 0.2) is 5.11 Å². The number of anilines is 1. The van der Waals surface area contributed by atoms with E-state index in [4.69, 9.17) is 17.0 Å². The minimum atomic E-state index is 0.151. The number of hydrogen-bond donors (Lipinski definition) is 2. The van der Waals surface area contributed by atoms with E-state index >= 15 is 0 Å². The van der Waals surface area contributed by atoms with Crippen LogP contribution in [0, 0.1) is 6.92 Å². The first kappa shape index (κ1) is 18.2. The molecule has 4 nitrogen and oxygen atoms in total. The number of methoxy groups -OCH3 is 1. The third-order valence-corrected chi connectivity index (χ3v) is 4.10. The highest BCUT2D eigenvalue weighted by Gasteiger charge is 2.18. The number of rotatable bonds is 6. The average Bonchev–Trinajstić information content (AvgIpc) is 2.55. The molecule has 0 heterocycles. The minimum absolute atomic E-state index is 0.151. The normalized spacial score (nSPS) is 11.9. The standard InChI is InChI=1S/C19H25N3OS/c1-14-8-7-9-15(12-14)21-19(24)20-13-17(22(2)3)16-10-5-6-11-18(16)23-4/h5-12,17H,13H2,1-4H3,(H2,20,21,24)/t17-/m0/s1. The Balaban J connectivity index is 2.02. The lowest BCUT2D eigenvalue weighted by Gasteiger charge is -2.27. The number of aryl methyl sites for hydroxylation is 1. The van der Waals surface area contributed by atoms with Crippen LogP contribution in [0.4, 0.5) is 5.69 Å². The summed E-state index contributed by atoms with van der Waals surface area (Å²) in [4.78, 5) is 2.15. The Morgan fingerprint density at radius 2 is 1.92 bits per heavy atom. The third kappa shape index (κ3) is 4.94. The van der Waals surface area contributed by atoms with Crippen LogP contribution in [0.15, 0.2) is 48.5 Å². The highest BCUT2D eigenvalue weighted by molar-refractivity contribution is 7.80. The van der Waals surface area contributed by atoms with Crippen molar-refractivity contribution < 1.29 is 4.74 Å². The van der Waals surface area contributed by atoms with Gasteiger partial charge in [-0.3, -0.25) is 0 Å². The summed E-state index contributed by atoms with van der Waals surface area (Å²) in [5.41, 5.74) is 3.32. The number of hydrogen-bond acceptors (Lipinski definition) is 3. The maximum atomic E-state index is 5.49. The predicted molar refractivity (Wildman–Crippen MR) is 105 cm³/mol. The Hall–Kier alpha value is -2.11. The highest BCUT2D eigenvalue weighted by Crippen LogP contribution is 2.27. The van der Waals surface area contributed by atoms with Crippen LogP contribution in [0.25, 0.3) is 0 Å². The molecule has 2 aromatic rings. The molecule has 0 fully saturated rings. The van der Waals surface area contributed by atoms with Gasteiger partial charge in [-0.25, -0.2) is 0 Å². The van der Waals surface area contributed by atoms with Gasteiger partial charge >= 0.3 is 0 Å². The zero-order valence-corrected chi connectivity index (χ0v) is 15.5. The van der Waals surface area contributed by atoms with Crippen molar-refractivity contribution in [3.8, 4) is 5.75 Å². The van der Waals surface area contributed by atoms with E-state index in [0.29, 0.717) is 11.7 Å². The van der Waals surface area contributed by atoms with E-state index in [9.17, 15) is 0 Å². The van der Waals surface area contributed by atoms with Crippen LogP contribution in [0.3, 0.4) is 0 Å². The molecule has 24 heavy (non-hydrogen) atoms. The van der Waals surface area contributed by atoms with Gasteiger partial charge in [0, 0.05) is 17.8 Å². The molecule has 0 saturated heterocycles. The van der Waals surface area contributed by atoms with Crippen molar-refractivity contribution in [3.63, 3.8) is 0 Å². The summed E-state index contributed by atoms with van der Waals surface area (Å²) < 4.78 is 5.49. The van der Waals surface area contributed by atoms with Crippen LogP contribution in [-0.2, 0) is 0 Å². The second kappa shape index (κ2) is 8.66. The van der Waals surface area contributed by atoms with Gasteiger partial charge in [-0.2, -0.15) is 0 Å². The lowest BCUT2D eigenvalue weighted by molar-refractivity contribution is 0.288. The molecule has 128 valence electrons. The lowest BCUT2D eigenvalue weighted by atomic mass is 10.0. The van der Waals surface area contributed by atoms with Crippen molar-refractivity contribution in [2.24, 2.45) is 0 Å². The maximum absolute atomic E-state index is 5.49. The molecular formula is C19H25N3OS. The molecule has 0 spiro atoms. The van der Waals surface area contributed by atoms with Crippen molar-refractivity contribution in [2.75, 3.05) is 33.1 Å². The fourth-order valence-corrected chi connectivity index (χ4v) is 2.80. The molecule has 0 aliphatic heterocycles. The number of nitrogens with zero attached hydrogens (tertiary/aromatic N) is 1. The van der Waals surface area contributed by atoms with E-state index < -0.39 is 0 Å². The molecule has 0 aliphatic rings. The molecule has 0 radical (unpaired) electrons. The Kier molecular flexibility index (Phi) is 6.58. The van der Waals surface area contributed by atoms with Crippen molar-refractivity contribution in [3.05, 3.63) is 59.7 Å². The van der Waals surface area contributed by atoms with Crippen molar-refractivity contribution in [2.45, 2.75) is 13.0 Å². The van der Waals surface area contributed by atoms with Gasteiger partial charge in [-0.05, 0) is 57.0 Å².